The fourth-order valence-corrected chi connectivity index (χ4v) is 13.3. The summed E-state index contributed by atoms with van der Waals surface area (Å²) >= 11 is 0. The average Bonchev–Trinajstić information content (AvgIpc) is 3.95. The molecule has 0 saturated heterocycles. The van der Waals surface area contributed by atoms with Crippen LogP contribution in [0.2, 0.25) is 0 Å². The molecule has 3 aliphatic carbocycles. The lowest BCUT2D eigenvalue weighted by Crippen LogP contribution is -2.23. The SMILES string of the molecule is Fc1c(-c2ccc3c4c(cccc24)C2=CC=CC4=CC=CC423)c(F)c(-c2ccc3c4cccc5cccc(c6cccc2c63)c54)c(F)c1-c1ccc2c3cccc4cccc(c5cccc1c52)c43. The number of halogens is 3. The lowest BCUT2D eigenvalue weighted by atomic mass is 9.71. The van der Waals surface area contributed by atoms with E-state index in [4.69, 9.17) is 0 Å². The maximum atomic E-state index is 18.6. The summed E-state index contributed by atoms with van der Waals surface area (Å²) in [6.07, 6.45) is 12.9. The summed E-state index contributed by atoms with van der Waals surface area (Å²) in [6, 6.07) is 54.9. The fourth-order valence-electron chi connectivity index (χ4n) is 13.3. The van der Waals surface area contributed by atoms with Gasteiger partial charge in [0.05, 0.1) is 22.1 Å². The zero-order chi connectivity index (χ0) is 44.7. The maximum absolute atomic E-state index is 18.6. The van der Waals surface area contributed by atoms with Crippen LogP contribution < -0.4 is 0 Å². The second kappa shape index (κ2) is 12.7. The van der Waals surface area contributed by atoms with E-state index in [1.54, 1.807) is 0 Å². The van der Waals surface area contributed by atoms with Gasteiger partial charge in [-0.25, -0.2) is 13.2 Å². The Morgan fingerprint density at radius 2 is 0.706 bits per heavy atom. The molecule has 0 saturated carbocycles. The highest BCUT2D eigenvalue weighted by atomic mass is 19.1. The van der Waals surface area contributed by atoms with Crippen molar-refractivity contribution in [2.75, 3.05) is 0 Å². The zero-order valence-electron chi connectivity index (χ0n) is 36.2. The number of allylic oxidation sites excluding steroid dienone is 8. The molecule has 0 aromatic heterocycles. The molecule has 1 atom stereocenters. The highest BCUT2D eigenvalue weighted by Crippen LogP contribution is 2.60. The number of hydrogen-bond donors (Lipinski definition) is 0. The number of rotatable bonds is 3. The summed E-state index contributed by atoms with van der Waals surface area (Å²) in [5, 5.41) is 17.8. The Kier molecular flexibility index (Phi) is 6.83. The van der Waals surface area contributed by atoms with Gasteiger partial charge in [-0.3, -0.25) is 0 Å². The van der Waals surface area contributed by atoms with Crippen LogP contribution >= 0.6 is 0 Å². The molecular formula is C65H33F3. The van der Waals surface area contributed by atoms with Crippen molar-refractivity contribution in [1.82, 2.24) is 0 Å². The zero-order valence-corrected chi connectivity index (χ0v) is 36.2. The number of fused-ring (bicyclic) bond motifs is 5. The first kappa shape index (κ1) is 36.7. The summed E-state index contributed by atoms with van der Waals surface area (Å²) in [5.41, 5.74) is 4.29. The molecule has 0 heterocycles. The van der Waals surface area contributed by atoms with E-state index in [9.17, 15) is 0 Å². The van der Waals surface area contributed by atoms with E-state index in [0.717, 1.165) is 103 Å². The molecule has 1 spiro atoms. The number of hydrogen-bond acceptors (Lipinski definition) is 0. The van der Waals surface area contributed by atoms with E-state index >= 15 is 13.2 Å². The third kappa shape index (κ3) is 4.26. The van der Waals surface area contributed by atoms with E-state index in [-0.39, 0.29) is 16.7 Å². The summed E-state index contributed by atoms with van der Waals surface area (Å²) in [7, 11) is 0. The minimum atomic E-state index is -0.931. The Morgan fingerprint density at radius 1 is 0.309 bits per heavy atom. The van der Waals surface area contributed by atoms with Gasteiger partial charge in [-0.2, -0.15) is 0 Å². The first-order chi connectivity index (χ1) is 33.5. The molecule has 0 amide bonds. The minimum absolute atomic E-state index is 0.247. The molecule has 0 nitrogen and oxygen atoms in total. The van der Waals surface area contributed by atoms with Gasteiger partial charge >= 0.3 is 0 Å². The molecule has 16 rings (SSSR count). The monoisotopic (exact) mass is 870 g/mol. The van der Waals surface area contributed by atoms with Gasteiger partial charge in [-0.05, 0) is 136 Å². The summed E-state index contributed by atoms with van der Waals surface area (Å²) in [4.78, 5) is 0. The van der Waals surface area contributed by atoms with Crippen molar-refractivity contribution in [3.05, 3.63) is 234 Å². The smallest absolute Gasteiger partial charge is 0.144 e. The van der Waals surface area contributed by atoms with E-state index in [1.807, 2.05) is 72.8 Å². The van der Waals surface area contributed by atoms with Gasteiger partial charge < -0.3 is 0 Å². The largest absolute Gasteiger partial charge is 0.205 e. The molecule has 13 aromatic rings. The highest BCUT2D eigenvalue weighted by Gasteiger charge is 2.47. The quantitative estimate of drug-likeness (QED) is 0.123. The van der Waals surface area contributed by atoms with Gasteiger partial charge in [-0.15, -0.1) is 0 Å². The predicted molar refractivity (Wildman–Crippen MR) is 279 cm³/mol. The van der Waals surface area contributed by atoms with Crippen LogP contribution in [0.15, 0.2) is 206 Å². The Balaban J connectivity index is 1.05. The molecule has 314 valence electrons. The Bertz CT molecular complexity index is 4320. The van der Waals surface area contributed by atoms with Crippen LogP contribution in [0.3, 0.4) is 0 Å². The van der Waals surface area contributed by atoms with Gasteiger partial charge in [-0.1, -0.05) is 200 Å². The Labute approximate surface area is 387 Å². The molecule has 3 heteroatoms. The van der Waals surface area contributed by atoms with Crippen molar-refractivity contribution in [2.45, 2.75) is 5.41 Å². The Morgan fingerprint density at radius 3 is 1.21 bits per heavy atom. The third-order valence-electron chi connectivity index (χ3n) is 16.0. The highest BCUT2D eigenvalue weighted by molar-refractivity contribution is 6.36. The maximum Gasteiger partial charge on any atom is 0.144 e. The molecule has 0 N–H and O–H groups in total. The minimum Gasteiger partial charge on any atom is -0.205 e. The van der Waals surface area contributed by atoms with Gasteiger partial charge in [0.2, 0.25) is 0 Å². The number of benzene rings is 13. The second-order valence-corrected chi connectivity index (χ2v) is 18.9. The van der Waals surface area contributed by atoms with Crippen molar-refractivity contribution in [3.63, 3.8) is 0 Å². The van der Waals surface area contributed by atoms with Crippen molar-refractivity contribution in [1.29, 1.82) is 0 Å². The van der Waals surface area contributed by atoms with Gasteiger partial charge in [0.25, 0.3) is 0 Å². The van der Waals surface area contributed by atoms with Crippen molar-refractivity contribution in [3.8, 4) is 33.4 Å². The third-order valence-corrected chi connectivity index (χ3v) is 16.0. The molecule has 1 unspecified atom stereocenters. The molecular weight excluding hydrogens is 838 g/mol. The predicted octanol–water partition coefficient (Wildman–Crippen LogP) is 18.1. The van der Waals surface area contributed by atoms with Gasteiger partial charge in [0, 0.05) is 0 Å². The van der Waals surface area contributed by atoms with Gasteiger partial charge in [0.1, 0.15) is 17.5 Å². The van der Waals surface area contributed by atoms with E-state index < -0.39 is 22.9 Å². The molecule has 3 aliphatic rings. The molecule has 0 aliphatic heterocycles. The lowest BCUT2D eigenvalue weighted by Gasteiger charge is -2.30. The first-order valence-corrected chi connectivity index (χ1v) is 23.2. The van der Waals surface area contributed by atoms with E-state index in [2.05, 4.69) is 127 Å². The van der Waals surface area contributed by atoms with Crippen molar-refractivity contribution >= 4 is 103 Å². The van der Waals surface area contributed by atoms with Crippen LogP contribution in [0.1, 0.15) is 11.1 Å². The molecule has 0 fully saturated rings. The second-order valence-electron chi connectivity index (χ2n) is 18.9. The van der Waals surface area contributed by atoms with Crippen LogP contribution in [0.4, 0.5) is 13.2 Å². The van der Waals surface area contributed by atoms with Crippen LogP contribution in [0, 0.1) is 17.5 Å². The molecule has 0 bridgehead atoms. The fraction of sp³-hybridized carbons (Fsp3) is 0.0154. The topological polar surface area (TPSA) is 0 Å². The molecule has 13 aromatic carbocycles. The lowest BCUT2D eigenvalue weighted by molar-refractivity contribution is 0.557. The summed E-state index contributed by atoms with van der Waals surface area (Å²) in [5.74, 6) is -2.79. The van der Waals surface area contributed by atoms with Crippen LogP contribution in [-0.2, 0) is 5.41 Å². The van der Waals surface area contributed by atoms with Crippen LogP contribution in [0.5, 0.6) is 0 Å². The molecule has 68 heavy (non-hydrogen) atoms. The summed E-state index contributed by atoms with van der Waals surface area (Å²) in [6.45, 7) is 0. The van der Waals surface area contributed by atoms with E-state index in [1.165, 1.54) is 0 Å². The van der Waals surface area contributed by atoms with Crippen molar-refractivity contribution in [2.24, 2.45) is 0 Å². The summed E-state index contributed by atoms with van der Waals surface area (Å²) < 4.78 is 55.9. The van der Waals surface area contributed by atoms with E-state index in [0.29, 0.717) is 32.8 Å². The average molecular weight is 871 g/mol. The van der Waals surface area contributed by atoms with Crippen LogP contribution in [0.25, 0.3) is 136 Å². The first-order valence-electron chi connectivity index (χ1n) is 23.2. The van der Waals surface area contributed by atoms with Gasteiger partial charge in [0.15, 0.2) is 0 Å². The normalized spacial score (nSPS) is 16.3. The standard InChI is InChI=1S/C65H33F3/c66-62-59(48-29-27-46-39-18-3-12-34-10-1-16-37(54(34)39)41-20-6-22-43(48)56(41)46)63(67)61(50-31-32-53-58-45(50)24-8-25-51(58)52-26-5-14-36-15-9-33-65(36,52)53)64(68)60(62)49-30-28-47-40-19-4-13-35-11-2-17-38(55(35)40)42-21-7-23-44(49)57(42)47/h1-33H. The molecule has 0 radical (unpaired) electrons. The van der Waals surface area contributed by atoms with Crippen molar-refractivity contribution < 1.29 is 13.2 Å². The van der Waals surface area contributed by atoms with Crippen LogP contribution in [-0.4, -0.2) is 0 Å². The Hall–Kier alpha value is -8.53.